The second-order valence-electron chi connectivity index (χ2n) is 9.03. The highest BCUT2D eigenvalue weighted by atomic mass is 19.1. The van der Waals surface area contributed by atoms with Gasteiger partial charge in [0.1, 0.15) is 11.6 Å². The molecule has 4 N–H and O–H groups in total. The van der Waals surface area contributed by atoms with Gasteiger partial charge in [-0.15, -0.1) is 0 Å². The number of halogens is 1. The number of hydrogen-bond donors (Lipinski definition) is 2. The molecule has 2 heterocycles. The highest BCUT2D eigenvalue weighted by molar-refractivity contribution is 6.00. The number of fused-ring (bicyclic) bond motifs is 1. The number of nitrogen functional groups attached to an aromatic ring is 1. The first-order valence-corrected chi connectivity index (χ1v) is 11.8. The molecule has 1 aliphatic rings. The lowest BCUT2D eigenvalue weighted by molar-refractivity contribution is 0.429. The Hall–Kier alpha value is -3.58. The Morgan fingerprint density at radius 1 is 1.06 bits per heavy atom. The predicted molar refractivity (Wildman–Crippen MR) is 133 cm³/mol. The summed E-state index contributed by atoms with van der Waals surface area (Å²) in [7, 11) is 0. The number of pyridine rings is 1. The normalized spacial score (nSPS) is 14.6. The first-order chi connectivity index (χ1) is 16.5. The van der Waals surface area contributed by atoms with Crippen molar-refractivity contribution in [3.05, 3.63) is 81.7 Å². The molecule has 1 saturated carbocycles. The smallest absolute Gasteiger partial charge is 0.258 e. The molecule has 5 rings (SSSR count). The molecule has 1 aliphatic carbocycles. The van der Waals surface area contributed by atoms with Gasteiger partial charge in [0.05, 0.1) is 22.5 Å². The van der Waals surface area contributed by atoms with Gasteiger partial charge in [0.2, 0.25) is 0 Å². The van der Waals surface area contributed by atoms with E-state index in [4.69, 9.17) is 21.4 Å². The van der Waals surface area contributed by atoms with Crippen molar-refractivity contribution in [2.75, 3.05) is 5.73 Å². The lowest BCUT2D eigenvalue weighted by atomic mass is 9.88. The van der Waals surface area contributed by atoms with Gasteiger partial charge < -0.3 is 11.5 Å². The summed E-state index contributed by atoms with van der Waals surface area (Å²) in [4.78, 5) is 23.2. The molecule has 34 heavy (non-hydrogen) atoms. The zero-order valence-corrected chi connectivity index (χ0v) is 19.2. The first-order valence-electron chi connectivity index (χ1n) is 11.8. The van der Waals surface area contributed by atoms with Crippen molar-refractivity contribution in [3.8, 4) is 16.9 Å². The van der Waals surface area contributed by atoms with Crippen LogP contribution in [0.5, 0.6) is 0 Å². The van der Waals surface area contributed by atoms with Gasteiger partial charge in [0, 0.05) is 24.1 Å². The molecule has 2 aromatic carbocycles. The average molecular weight is 458 g/mol. The van der Waals surface area contributed by atoms with Gasteiger partial charge in [-0.05, 0) is 55.2 Å². The fourth-order valence-electron chi connectivity index (χ4n) is 5.02. The molecular weight excluding hydrogens is 429 g/mol. The van der Waals surface area contributed by atoms with Crippen LogP contribution in [0.1, 0.15) is 55.0 Å². The van der Waals surface area contributed by atoms with Crippen LogP contribution >= 0.6 is 0 Å². The standard InChI is InChI=1S/C27H28FN5O/c1-16-7-5-6-10-22(16)33-23(34)14-21(30)24-25(20-12-11-19(28)13-18(20)15-29)31-26(32-27(24)33)17-8-3-2-4-9-17/h5-7,10-14,17H,2-4,8-9,15,29-30H2,1H3. The first kappa shape index (κ1) is 22.2. The minimum absolute atomic E-state index is 0.148. The molecule has 6 nitrogen and oxygen atoms in total. The van der Waals surface area contributed by atoms with E-state index >= 15 is 0 Å². The molecular formula is C27H28FN5O. The van der Waals surface area contributed by atoms with Gasteiger partial charge in [-0.25, -0.2) is 14.4 Å². The fraction of sp³-hybridized carbons (Fsp3) is 0.296. The summed E-state index contributed by atoms with van der Waals surface area (Å²) in [5.41, 5.74) is 16.5. The molecule has 1 fully saturated rings. The number of benzene rings is 2. The Labute approximate surface area is 197 Å². The second kappa shape index (κ2) is 8.99. The van der Waals surface area contributed by atoms with Gasteiger partial charge >= 0.3 is 0 Å². The maximum Gasteiger partial charge on any atom is 0.258 e. The summed E-state index contributed by atoms with van der Waals surface area (Å²) in [6.07, 6.45) is 5.43. The van der Waals surface area contributed by atoms with Crippen molar-refractivity contribution in [2.24, 2.45) is 5.73 Å². The van der Waals surface area contributed by atoms with Crippen molar-refractivity contribution < 1.29 is 4.39 Å². The lowest BCUT2D eigenvalue weighted by Gasteiger charge is -2.23. The predicted octanol–water partition coefficient (Wildman–Crippen LogP) is 4.98. The molecule has 0 unspecified atom stereocenters. The molecule has 2 aromatic heterocycles. The summed E-state index contributed by atoms with van der Waals surface area (Å²) in [6, 6.07) is 13.6. The quantitative estimate of drug-likeness (QED) is 0.450. The third-order valence-electron chi connectivity index (χ3n) is 6.78. The van der Waals surface area contributed by atoms with Crippen molar-refractivity contribution in [1.82, 2.24) is 14.5 Å². The fourth-order valence-corrected chi connectivity index (χ4v) is 5.02. The molecule has 4 aromatic rings. The van der Waals surface area contributed by atoms with E-state index in [0.29, 0.717) is 39.4 Å². The summed E-state index contributed by atoms with van der Waals surface area (Å²) in [5, 5.41) is 0.573. The van der Waals surface area contributed by atoms with Gasteiger partial charge in [0.25, 0.3) is 5.56 Å². The van der Waals surface area contributed by atoms with Crippen LogP contribution in [0.4, 0.5) is 10.1 Å². The van der Waals surface area contributed by atoms with Crippen LogP contribution in [0.15, 0.2) is 53.3 Å². The van der Waals surface area contributed by atoms with Crippen LogP contribution in [0.25, 0.3) is 28.0 Å². The van der Waals surface area contributed by atoms with Crippen LogP contribution in [-0.4, -0.2) is 14.5 Å². The summed E-state index contributed by atoms with van der Waals surface area (Å²) >= 11 is 0. The van der Waals surface area contributed by atoms with Gasteiger partial charge in [-0.3, -0.25) is 9.36 Å². The zero-order chi connectivity index (χ0) is 23.8. The van der Waals surface area contributed by atoms with Crippen molar-refractivity contribution in [2.45, 2.75) is 51.5 Å². The minimum Gasteiger partial charge on any atom is -0.398 e. The molecule has 0 atom stereocenters. The Bertz CT molecular complexity index is 1440. The number of nitrogens with two attached hydrogens (primary N) is 2. The Morgan fingerprint density at radius 2 is 1.82 bits per heavy atom. The topological polar surface area (TPSA) is 99.8 Å². The maximum absolute atomic E-state index is 14.0. The van der Waals surface area contributed by atoms with E-state index in [1.807, 2.05) is 31.2 Å². The minimum atomic E-state index is -0.361. The molecule has 0 saturated heterocycles. The Morgan fingerprint density at radius 3 is 2.56 bits per heavy atom. The SMILES string of the molecule is Cc1ccccc1-n1c(=O)cc(N)c2c(-c3ccc(F)cc3CN)nc(C3CCCCC3)nc21. The van der Waals surface area contributed by atoms with Crippen LogP contribution in [0.2, 0.25) is 0 Å². The molecule has 174 valence electrons. The van der Waals surface area contributed by atoms with E-state index in [0.717, 1.165) is 36.9 Å². The number of rotatable bonds is 4. The number of anilines is 1. The number of aromatic nitrogens is 3. The van der Waals surface area contributed by atoms with E-state index < -0.39 is 0 Å². The highest BCUT2D eigenvalue weighted by Gasteiger charge is 2.24. The largest absolute Gasteiger partial charge is 0.398 e. The molecule has 0 spiro atoms. The van der Waals surface area contributed by atoms with Crippen LogP contribution in [0, 0.1) is 12.7 Å². The summed E-state index contributed by atoms with van der Waals surface area (Å²) in [5.74, 6) is 0.530. The average Bonchev–Trinajstić information content (AvgIpc) is 2.85. The van der Waals surface area contributed by atoms with Crippen molar-refractivity contribution in [3.63, 3.8) is 0 Å². The van der Waals surface area contributed by atoms with Crippen LogP contribution < -0.4 is 17.0 Å². The Kier molecular flexibility index (Phi) is 5.87. The molecule has 0 aliphatic heterocycles. The molecule has 0 amide bonds. The van der Waals surface area contributed by atoms with E-state index in [2.05, 4.69) is 0 Å². The second-order valence-corrected chi connectivity index (χ2v) is 9.03. The number of aryl methyl sites for hydroxylation is 1. The molecule has 0 bridgehead atoms. The monoisotopic (exact) mass is 457 g/mol. The van der Waals surface area contributed by atoms with Crippen molar-refractivity contribution >= 4 is 16.7 Å². The van der Waals surface area contributed by atoms with E-state index in [-0.39, 0.29) is 23.8 Å². The van der Waals surface area contributed by atoms with Gasteiger partial charge in [0.15, 0.2) is 5.65 Å². The van der Waals surface area contributed by atoms with Gasteiger partial charge in [-0.2, -0.15) is 0 Å². The van der Waals surface area contributed by atoms with Crippen LogP contribution in [0.3, 0.4) is 0 Å². The third kappa shape index (κ3) is 3.86. The third-order valence-corrected chi connectivity index (χ3v) is 6.78. The summed E-state index contributed by atoms with van der Waals surface area (Å²) < 4.78 is 15.7. The van der Waals surface area contributed by atoms with E-state index in [1.54, 1.807) is 10.6 Å². The van der Waals surface area contributed by atoms with Gasteiger partial charge in [-0.1, -0.05) is 37.5 Å². The van der Waals surface area contributed by atoms with Crippen molar-refractivity contribution in [1.29, 1.82) is 0 Å². The zero-order valence-electron chi connectivity index (χ0n) is 19.2. The Balaban J connectivity index is 1.91. The number of nitrogens with zero attached hydrogens (tertiary/aromatic N) is 3. The lowest BCUT2D eigenvalue weighted by Crippen LogP contribution is -2.22. The number of para-hydroxylation sites is 1. The molecule has 7 heteroatoms. The maximum atomic E-state index is 14.0. The number of hydrogen-bond acceptors (Lipinski definition) is 5. The van der Waals surface area contributed by atoms with E-state index in [1.165, 1.54) is 24.6 Å². The highest BCUT2D eigenvalue weighted by Crippen LogP contribution is 2.37. The summed E-state index contributed by atoms with van der Waals surface area (Å²) in [6.45, 7) is 2.11. The van der Waals surface area contributed by atoms with E-state index in [9.17, 15) is 9.18 Å². The molecule has 0 radical (unpaired) electrons. The van der Waals surface area contributed by atoms with Crippen LogP contribution in [-0.2, 0) is 6.54 Å².